The number of nitrogens with two attached hydrogens (primary N) is 1. The molecule has 1 fully saturated rings. The van der Waals surface area contributed by atoms with Gasteiger partial charge in [0.15, 0.2) is 0 Å². The molecule has 0 bridgehead atoms. The number of carbonyl (C=O) groups is 1. The molecule has 1 saturated heterocycles. The van der Waals surface area contributed by atoms with E-state index in [0.717, 1.165) is 25.8 Å². The number of amidine groups is 1. The van der Waals surface area contributed by atoms with Gasteiger partial charge in [0.25, 0.3) is 10.0 Å². The van der Waals surface area contributed by atoms with Crippen molar-refractivity contribution in [3.8, 4) is 5.75 Å². The molecule has 0 saturated carbocycles. The third-order valence-corrected chi connectivity index (χ3v) is 5.69. The summed E-state index contributed by atoms with van der Waals surface area (Å²) in [5.74, 6) is 0.464. The van der Waals surface area contributed by atoms with Crippen LogP contribution in [0.3, 0.4) is 0 Å². The average Bonchev–Trinajstić information content (AvgIpc) is 3.00. The number of amides is 1. The van der Waals surface area contributed by atoms with E-state index in [2.05, 4.69) is 4.40 Å². The van der Waals surface area contributed by atoms with Crippen molar-refractivity contribution >= 4 is 21.8 Å². The van der Waals surface area contributed by atoms with Crippen LogP contribution in [-0.4, -0.2) is 44.3 Å². The van der Waals surface area contributed by atoms with Crippen LogP contribution in [-0.2, 0) is 20.6 Å². The molecule has 1 aromatic carbocycles. The molecule has 2 aliphatic heterocycles. The van der Waals surface area contributed by atoms with E-state index in [4.69, 9.17) is 10.5 Å². The summed E-state index contributed by atoms with van der Waals surface area (Å²) in [6.07, 6.45) is 3.26. The summed E-state index contributed by atoms with van der Waals surface area (Å²) in [5.41, 5.74) is 6.98. The van der Waals surface area contributed by atoms with Crippen molar-refractivity contribution in [2.75, 3.05) is 13.2 Å². The Balaban J connectivity index is 1.76. The third-order valence-electron chi connectivity index (χ3n) is 4.54. The molecular formula is C17H23N3O4S. The van der Waals surface area contributed by atoms with E-state index in [1.165, 1.54) is 0 Å². The van der Waals surface area contributed by atoms with Crippen LogP contribution < -0.4 is 10.5 Å². The molecule has 1 amide bonds. The van der Waals surface area contributed by atoms with Gasteiger partial charge in [-0.2, -0.15) is 0 Å². The summed E-state index contributed by atoms with van der Waals surface area (Å²) < 4.78 is 33.0. The zero-order chi connectivity index (χ0) is 18.0. The van der Waals surface area contributed by atoms with Crippen molar-refractivity contribution in [2.45, 2.75) is 44.4 Å². The SMILES string of the molecule is CCCC(=O)N1CCC[C@@H]1COc1cccc2c1C(N)=NS(=O)(=O)C2. The second-order valence-corrected chi connectivity index (χ2v) is 8.07. The van der Waals surface area contributed by atoms with Crippen molar-refractivity contribution < 1.29 is 17.9 Å². The number of fused-ring (bicyclic) bond motifs is 1. The number of likely N-dealkylation sites (tertiary alicyclic amines) is 1. The van der Waals surface area contributed by atoms with Crippen molar-refractivity contribution in [2.24, 2.45) is 10.1 Å². The Labute approximate surface area is 147 Å². The van der Waals surface area contributed by atoms with Crippen LogP contribution >= 0.6 is 0 Å². The average molecular weight is 365 g/mol. The van der Waals surface area contributed by atoms with E-state index in [1.54, 1.807) is 18.2 Å². The number of sulfonamides is 1. The zero-order valence-corrected chi connectivity index (χ0v) is 15.1. The standard InChI is InChI=1S/C17H23N3O4S/c1-2-5-15(21)20-9-4-7-13(20)10-24-14-8-3-6-12-11-25(22,23)19-17(18)16(12)14/h3,6,8,13H,2,4-5,7,9-11H2,1H3,(H2,18,19)/t13-/m1/s1. The highest BCUT2D eigenvalue weighted by molar-refractivity contribution is 7.89. The first-order valence-electron chi connectivity index (χ1n) is 8.54. The molecule has 1 atom stereocenters. The molecule has 2 heterocycles. The van der Waals surface area contributed by atoms with Crippen LogP contribution in [0.15, 0.2) is 22.6 Å². The molecule has 25 heavy (non-hydrogen) atoms. The molecule has 2 N–H and O–H groups in total. The first-order chi connectivity index (χ1) is 11.9. The summed E-state index contributed by atoms with van der Waals surface area (Å²) >= 11 is 0. The molecule has 1 aromatic rings. The Bertz CT molecular complexity index is 804. The monoisotopic (exact) mass is 365 g/mol. The van der Waals surface area contributed by atoms with Crippen LogP contribution in [0.25, 0.3) is 0 Å². The predicted octanol–water partition coefficient (Wildman–Crippen LogP) is 1.41. The van der Waals surface area contributed by atoms with Gasteiger partial charge in [-0.25, -0.2) is 8.42 Å². The largest absolute Gasteiger partial charge is 0.491 e. The van der Waals surface area contributed by atoms with Crippen molar-refractivity contribution in [1.29, 1.82) is 0 Å². The summed E-state index contributed by atoms with van der Waals surface area (Å²) in [6.45, 7) is 3.12. The molecule has 8 heteroatoms. The van der Waals surface area contributed by atoms with E-state index in [9.17, 15) is 13.2 Å². The van der Waals surface area contributed by atoms with Gasteiger partial charge in [0.2, 0.25) is 5.91 Å². The highest BCUT2D eigenvalue weighted by atomic mass is 32.2. The maximum absolute atomic E-state index is 12.2. The zero-order valence-electron chi connectivity index (χ0n) is 14.3. The van der Waals surface area contributed by atoms with Crippen molar-refractivity contribution in [1.82, 2.24) is 4.90 Å². The van der Waals surface area contributed by atoms with Gasteiger partial charge in [0, 0.05) is 13.0 Å². The van der Waals surface area contributed by atoms with Gasteiger partial charge in [-0.15, -0.1) is 4.40 Å². The van der Waals surface area contributed by atoms with Gasteiger partial charge in [0.1, 0.15) is 18.2 Å². The number of hydrogen-bond donors (Lipinski definition) is 1. The number of carbonyl (C=O) groups excluding carboxylic acids is 1. The number of hydrogen-bond acceptors (Lipinski definition) is 5. The fourth-order valence-electron chi connectivity index (χ4n) is 3.41. The molecule has 0 radical (unpaired) electrons. The predicted molar refractivity (Wildman–Crippen MR) is 94.9 cm³/mol. The van der Waals surface area contributed by atoms with Crippen molar-refractivity contribution in [3.05, 3.63) is 29.3 Å². The lowest BCUT2D eigenvalue weighted by Crippen LogP contribution is -2.39. The van der Waals surface area contributed by atoms with Crippen LogP contribution in [0.5, 0.6) is 5.75 Å². The van der Waals surface area contributed by atoms with Gasteiger partial charge in [0.05, 0.1) is 17.4 Å². The van der Waals surface area contributed by atoms with Gasteiger partial charge in [-0.05, 0) is 30.9 Å². The Hall–Kier alpha value is -2.09. The lowest BCUT2D eigenvalue weighted by atomic mass is 10.1. The van der Waals surface area contributed by atoms with E-state index in [1.807, 2.05) is 11.8 Å². The molecular weight excluding hydrogens is 342 g/mol. The Kier molecular flexibility index (Phi) is 4.99. The fourth-order valence-corrected chi connectivity index (χ4v) is 4.50. The molecule has 136 valence electrons. The van der Waals surface area contributed by atoms with Crippen molar-refractivity contribution in [3.63, 3.8) is 0 Å². The highest BCUT2D eigenvalue weighted by Gasteiger charge is 2.30. The van der Waals surface area contributed by atoms with E-state index in [-0.39, 0.29) is 23.5 Å². The smallest absolute Gasteiger partial charge is 0.259 e. The minimum absolute atomic E-state index is 0.0396. The Morgan fingerprint density at radius 1 is 1.44 bits per heavy atom. The second-order valence-electron chi connectivity index (χ2n) is 6.44. The molecule has 0 aliphatic carbocycles. The highest BCUT2D eigenvalue weighted by Crippen LogP contribution is 2.29. The topological polar surface area (TPSA) is 102 Å². The van der Waals surface area contributed by atoms with Gasteiger partial charge < -0.3 is 15.4 Å². The second kappa shape index (κ2) is 7.03. The summed E-state index contributed by atoms with van der Waals surface area (Å²) in [6, 6.07) is 5.26. The minimum atomic E-state index is -3.56. The van der Waals surface area contributed by atoms with E-state index < -0.39 is 10.0 Å². The number of benzene rings is 1. The van der Waals surface area contributed by atoms with Gasteiger partial charge in [-0.3, -0.25) is 4.79 Å². The lowest BCUT2D eigenvalue weighted by molar-refractivity contribution is -0.132. The maximum atomic E-state index is 12.2. The van der Waals surface area contributed by atoms with Gasteiger partial charge in [-0.1, -0.05) is 19.1 Å². The van der Waals surface area contributed by atoms with Crippen LogP contribution in [0.1, 0.15) is 43.7 Å². The number of ether oxygens (including phenoxy) is 1. The van der Waals surface area contributed by atoms with Crippen LogP contribution in [0, 0.1) is 0 Å². The first kappa shape index (κ1) is 17.7. The molecule has 0 unspecified atom stereocenters. The summed E-state index contributed by atoms with van der Waals surface area (Å²) in [4.78, 5) is 14.1. The Morgan fingerprint density at radius 3 is 3.00 bits per heavy atom. The minimum Gasteiger partial charge on any atom is -0.491 e. The lowest BCUT2D eigenvalue weighted by Gasteiger charge is -2.26. The molecule has 0 spiro atoms. The summed E-state index contributed by atoms with van der Waals surface area (Å²) in [7, 11) is -3.56. The van der Waals surface area contributed by atoms with E-state index in [0.29, 0.717) is 29.9 Å². The van der Waals surface area contributed by atoms with E-state index >= 15 is 0 Å². The third kappa shape index (κ3) is 3.78. The maximum Gasteiger partial charge on any atom is 0.259 e. The summed E-state index contributed by atoms with van der Waals surface area (Å²) in [5, 5.41) is 0. The number of nitrogens with zero attached hydrogens (tertiary/aromatic N) is 2. The van der Waals surface area contributed by atoms with Crippen LogP contribution in [0.2, 0.25) is 0 Å². The molecule has 0 aromatic heterocycles. The van der Waals surface area contributed by atoms with Gasteiger partial charge >= 0.3 is 0 Å². The molecule has 7 nitrogen and oxygen atoms in total. The normalized spacial score (nSPS) is 21.6. The quantitative estimate of drug-likeness (QED) is 0.850. The fraction of sp³-hybridized carbons (Fsp3) is 0.529. The molecule has 2 aliphatic rings. The molecule has 3 rings (SSSR count). The first-order valence-corrected chi connectivity index (χ1v) is 10.1. The Morgan fingerprint density at radius 2 is 2.24 bits per heavy atom. The number of rotatable bonds is 5. The van der Waals surface area contributed by atoms with Crippen LogP contribution in [0.4, 0.5) is 0 Å².